The van der Waals surface area contributed by atoms with Gasteiger partial charge in [-0.05, 0) is 18.9 Å². The number of carbonyl (C=O) groups is 2. The smallest absolute Gasteiger partial charge is 0.306 e. The van der Waals surface area contributed by atoms with Gasteiger partial charge in [0, 0.05) is 23.4 Å². The van der Waals surface area contributed by atoms with Crippen molar-refractivity contribution in [2.75, 3.05) is 19.1 Å². The number of hydrogen-bond acceptors (Lipinski definition) is 9. The van der Waals surface area contributed by atoms with Crippen molar-refractivity contribution in [3.63, 3.8) is 0 Å². The zero-order chi connectivity index (χ0) is 21.8. The van der Waals surface area contributed by atoms with Crippen molar-refractivity contribution in [2.24, 2.45) is 10.9 Å². The number of aryl methyl sites for hydroxylation is 1. The van der Waals surface area contributed by atoms with Crippen LogP contribution in [0.1, 0.15) is 37.1 Å². The second-order valence-corrected chi connectivity index (χ2v) is 6.54. The van der Waals surface area contributed by atoms with Crippen molar-refractivity contribution in [1.29, 1.82) is 0 Å². The maximum Gasteiger partial charge on any atom is 0.306 e. The number of unbranched alkanes of at least 4 members (excludes halogenated alkanes) is 1. The average molecular weight is 439 g/mol. The van der Waals surface area contributed by atoms with E-state index in [-0.39, 0.29) is 56.1 Å². The van der Waals surface area contributed by atoms with Gasteiger partial charge in [0.1, 0.15) is 0 Å². The largest absolute Gasteiger partial charge is 0.466 e. The van der Waals surface area contributed by atoms with Crippen molar-refractivity contribution >= 4 is 29.4 Å². The lowest BCUT2D eigenvalue weighted by atomic mass is 10.1. The zero-order valence-electron chi connectivity index (χ0n) is 16.3. The first-order valence-electron chi connectivity index (χ1n) is 9.31. The molecule has 0 radical (unpaired) electrons. The Hall–Kier alpha value is -3.14. The number of rotatable bonds is 12. The van der Waals surface area contributed by atoms with Crippen LogP contribution in [-0.2, 0) is 25.5 Å². The molecule has 10 nitrogen and oxygen atoms in total. The maximum atomic E-state index is 11.8. The molecule has 2 rings (SSSR count). The van der Waals surface area contributed by atoms with E-state index in [0.29, 0.717) is 35.7 Å². The molecule has 0 saturated heterocycles. The summed E-state index contributed by atoms with van der Waals surface area (Å²) in [4.78, 5) is 27.2. The minimum atomic E-state index is -0.386. The number of nitrogens with two attached hydrogens (primary N) is 1. The van der Waals surface area contributed by atoms with E-state index in [1.165, 1.54) is 0 Å². The maximum absolute atomic E-state index is 11.8. The molecule has 162 valence electrons. The first-order valence-corrected chi connectivity index (χ1v) is 9.85. The van der Waals surface area contributed by atoms with E-state index in [0.717, 1.165) is 0 Å². The van der Waals surface area contributed by atoms with E-state index in [2.05, 4.69) is 15.3 Å². The minimum absolute atomic E-state index is 0.0308. The molecule has 0 atom stereocenters. The summed E-state index contributed by atoms with van der Waals surface area (Å²) in [5, 5.41) is 15.6. The number of nitrogens with zero attached hydrogens (tertiary/aromatic N) is 3. The molecule has 1 heterocycles. The normalized spacial score (nSPS) is 11.3. The third kappa shape index (κ3) is 7.70. The quantitative estimate of drug-likeness (QED) is 0.0966. The molecule has 11 heteroatoms. The van der Waals surface area contributed by atoms with Crippen LogP contribution in [0, 0.1) is 0 Å². The van der Waals surface area contributed by atoms with Gasteiger partial charge in [0.05, 0.1) is 26.1 Å². The third-order valence-corrected chi connectivity index (χ3v) is 4.09. The van der Waals surface area contributed by atoms with Crippen LogP contribution in [0.5, 0.6) is 0 Å². The number of amidine groups is 1. The van der Waals surface area contributed by atoms with E-state index in [4.69, 9.17) is 36.5 Å². The van der Waals surface area contributed by atoms with Gasteiger partial charge in [0.2, 0.25) is 11.7 Å². The summed E-state index contributed by atoms with van der Waals surface area (Å²) in [6.45, 7) is 0.511. The molecule has 0 aliphatic heterocycles. The van der Waals surface area contributed by atoms with Gasteiger partial charge in [-0.15, -0.1) is 11.6 Å². The van der Waals surface area contributed by atoms with Crippen molar-refractivity contribution < 1.29 is 28.8 Å². The Labute approximate surface area is 178 Å². The van der Waals surface area contributed by atoms with Crippen LogP contribution in [0.3, 0.4) is 0 Å². The summed E-state index contributed by atoms with van der Waals surface area (Å²) in [6, 6.07) is 6.81. The van der Waals surface area contributed by atoms with Gasteiger partial charge in [0.15, 0.2) is 5.84 Å². The molecule has 0 saturated carbocycles. The highest BCUT2D eigenvalue weighted by Gasteiger charge is 2.12. The summed E-state index contributed by atoms with van der Waals surface area (Å²) in [6.07, 6.45) is 1.70. The van der Waals surface area contributed by atoms with Gasteiger partial charge in [-0.3, -0.25) is 9.59 Å². The summed E-state index contributed by atoms with van der Waals surface area (Å²) in [5.41, 5.74) is 6.72. The summed E-state index contributed by atoms with van der Waals surface area (Å²) in [7, 11) is 0. The van der Waals surface area contributed by atoms with Crippen LogP contribution in [0.2, 0.25) is 0 Å². The van der Waals surface area contributed by atoms with E-state index in [1.54, 1.807) is 24.3 Å². The van der Waals surface area contributed by atoms with E-state index in [1.807, 2.05) is 0 Å². The lowest BCUT2D eigenvalue weighted by Crippen LogP contribution is -2.12. The summed E-state index contributed by atoms with van der Waals surface area (Å²) >= 11 is 5.43. The molecule has 0 spiro atoms. The number of carbonyl (C=O) groups excluding carboxylic acids is 2. The Kier molecular flexibility index (Phi) is 9.59. The highest BCUT2D eigenvalue weighted by molar-refractivity contribution is 6.18. The van der Waals surface area contributed by atoms with Crippen LogP contribution in [0.15, 0.2) is 33.9 Å². The average Bonchev–Trinajstić information content (AvgIpc) is 3.23. The first kappa shape index (κ1) is 23.1. The molecule has 0 fully saturated rings. The number of esters is 2. The van der Waals surface area contributed by atoms with Crippen LogP contribution < -0.4 is 5.73 Å². The number of oxime groups is 1. The Bertz CT molecular complexity index is 870. The lowest BCUT2D eigenvalue weighted by molar-refractivity contribution is -0.146. The highest BCUT2D eigenvalue weighted by Crippen LogP contribution is 2.18. The summed E-state index contributed by atoms with van der Waals surface area (Å²) < 4.78 is 15.2. The zero-order valence-corrected chi connectivity index (χ0v) is 17.0. The molecule has 0 aliphatic rings. The monoisotopic (exact) mass is 438 g/mol. The highest BCUT2D eigenvalue weighted by atomic mass is 35.5. The molecular weight excluding hydrogens is 416 g/mol. The molecule has 1 aromatic heterocycles. The fourth-order valence-electron chi connectivity index (χ4n) is 2.36. The van der Waals surface area contributed by atoms with Crippen molar-refractivity contribution in [3.8, 4) is 11.4 Å². The molecule has 30 heavy (non-hydrogen) atoms. The molecule has 1 aromatic carbocycles. The van der Waals surface area contributed by atoms with E-state index >= 15 is 0 Å². The molecule has 0 bridgehead atoms. The molecule has 0 aliphatic carbocycles. The van der Waals surface area contributed by atoms with Crippen LogP contribution in [0.25, 0.3) is 11.4 Å². The second-order valence-electron chi connectivity index (χ2n) is 6.16. The standard InChI is InChI=1S/C19H23ClN4O6/c20-9-8-17(26)29-11-2-1-10-28-16(25)7-6-15-22-19(24-30-15)14-5-3-4-13(12-14)18(21)23-27/h3-5,12,27H,1-2,6-11H2,(H2,21,23). The van der Waals surface area contributed by atoms with Gasteiger partial charge in [-0.25, -0.2) is 0 Å². The minimum Gasteiger partial charge on any atom is -0.466 e. The predicted molar refractivity (Wildman–Crippen MR) is 107 cm³/mol. The SMILES string of the molecule is N/C(=N\O)c1cccc(-c2noc(CCC(=O)OCCCCOC(=O)CCCl)n2)c1. The fourth-order valence-corrected chi connectivity index (χ4v) is 2.51. The molecular formula is C19H23ClN4O6. The summed E-state index contributed by atoms with van der Waals surface area (Å²) in [5.74, 6) is 0.103. The molecule has 3 N–H and O–H groups in total. The van der Waals surface area contributed by atoms with Crippen molar-refractivity contribution in [1.82, 2.24) is 10.1 Å². The van der Waals surface area contributed by atoms with Gasteiger partial charge >= 0.3 is 11.9 Å². The number of aromatic nitrogens is 2. The Morgan fingerprint density at radius 1 is 1.17 bits per heavy atom. The third-order valence-electron chi connectivity index (χ3n) is 3.90. The van der Waals surface area contributed by atoms with Gasteiger partial charge in [-0.2, -0.15) is 4.98 Å². The van der Waals surface area contributed by atoms with E-state index < -0.39 is 0 Å². The van der Waals surface area contributed by atoms with Crippen LogP contribution in [0.4, 0.5) is 0 Å². The first-order chi connectivity index (χ1) is 14.5. The van der Waals surface area contributed by atoms with Crippen LogP contribution in [-0.4, -0.2) is 52.2 Å². The van der Waals surface area contributed by atoms with Crippen LogP contribution >= 0.6 is 11.6 Å². The second kappa shape index (κ2) is 12.4. The fraction of sp³-hybridized carbons (Fsp3) is 0.421. The Morgan fingerprint density at radius 3 is 2.53 bits per heavy atom. The molecule has 2 aromatic rings. The van der Waals surface area contributed by atoms with E-state index in [9.17, 15) is 9.59 Å². The number of hydrogen-bond donors (Lipinski definition) is 2. The predicted octanol–water partition coefficient (Wildman–Crippen LogP) is 2.26. The number of ether oxygens (including phenoxy) is 2. The van der Waals surface area contributed by atoms with Crippen molar-refractivity contribution in [2.45, 2.75) is 32.1 Å². The topological polar surface area (TPSA) is 150 Å². The number of benzene rings is 1. The molecule has 0 unspecified atom stereocenters. The Balaban J connectivity index is 1.70. The number of alkyl halides is 1. The number of halogens is 1. The van der Waals surface area contributed by atoms with Gasteiger partial charge < -0.3 is 24.9 Å². The molecule has 0 amide bonds. The Morgan fingerprint density at radius 2 is 1.87 bits per heavy atom. The van der Waals surface area contributed by atoms with Crippen molar-refractivity contribution in [3.05, 3.63) is 35.7 Å². The van der Waals surface area contributed by atoms with Gasteiger partial charge in [-0.1, -0.05) is 28.5 Å². The lowest BCUT2D eigenvalue weighted by Gasteiger charge is -2.05. The van der Waals surface area contributed by atoms with Gasteiger partial charge in [0.25, 0.3) is 0 Å².